The van der Waals surface area contributed by atoms with E-state index in [-0.39, 0.29) is 18.9 Å². The first kappa shape index (κ1) is 18.8. The molecule has 1 unspecified atom stereocenters. The monoisotopic (exact) mass is 369 g/mol. The Labute approximate surface area is 158 Å². The molecule has 1 heterocycles. The Morgan fingerprint density at radius 1 is 1.11 bits per heavy atom. The van der Waals surface area contributed by atoms with Gasteiger partial charge in [-0.2, -0.15) is 0 Å². The van der Waals surface area contributed by atoms with Gasteiger partial charge < -0.3 is 19.5 Å². The molecule has 0 radical (unpaired) electrons. The molecule has 1 saturated heterocycles. The number of carboxylic acid groups (broad SMARTS) is 1. The maximum atomic E-state index is 12.0. The first-order valence-corrected chi connectivity index (χ1v) is 8.93. The topological polar surface area (TPSA) is 76.1 Å². The molecule has 3 rings (SSSR count). The van der Waals surface area contributed by atoms with Gasteiger partial charge in [-0.15, -0.1) is 0 Å². The molecule has 1 N–H and O–H groups in total. The quantitative estimate of drug-likeness (QED) is 0.724. The fourth-order valence-electron chi connectivity index (χ4n) is 3.02. The SMILES string of the molecule is Cc1ccc(OCCOc2ccccc2CN2CC(C(=O)O)CC2=O)cc1. The highest BCUT2D eigenvalue weighted by atomic mass is 16.5. The minimum absolute atomic E-state index is 0.0583. The summed E-state index contributed by atoms with van der Waals surface area (Å²) in [5.74, 6) is -0.228. The van der Waals surface area contributed by atoms with Crippen LogP contribution in [0.1, 0.15) is 17.5 Å². The molecule has 1 atom stereocenters. The number of benzene rings is 2. The van der Waals surface area contributed by atoms with Gasteiger partial charge in [0.15, 0.2) is 0 Å². The van der Waals surface area contributed by atoms with Gasteiger partial charge in [0.05, 0.1) is 5.92 Å². The predicted molar refractivity (Wildman–Crippen MR) is 99.8 cm³/mol. The van der Waals surface area contributed by atoms with Crippen LogP contribution in [-0.2, 0) is 16.1 Å². The number of hydrogen-bond donors (Lipinski definition) is 1. The molecule has 0 bridgehead atoms. The van der Waals surface area contributed by atoms with E-state index in [0.29, 0.717) is 25.5 Å². The summed E-state index contributed by atoms with van der Waals surface area (Å²) in [5.41, 5.74) is 2.03. The van der Waals surface area contributed by atoms with Crippen molar-refractivity contribution in [1.29, 1.82) is 0 Å². The van der Waals surface area contributed by atoms with E-state index >= 15 is 0 Å². The van der Waals surface area contributed by atoms with Crippen molar-refractivity contribution in [3.8, 4) is 11.5 Å². The van der Waals surface area contributed by atoms with Gasteiger partial charge in [0.1, 0.15) is 24.7 Å². The Hall–Kier alpha value is -3.02. The van der Waals surface area contributed by atoms with Gasteiger partial charge in [-0.05, 0) is 25.1 Å². The molecule has 1 amide bonds. The minimum atomic E-state index is -0.927. The molecule has 2 aromatic rings. The number of carboxylic acids is 1. The summed E-state index contributed by atoms with van der Waals surface area (Å²) in [6, 6.07) is 15.3. The van der Waals surface area contributed by atoms with Crippen LogP contribution in [0, 0.1) is 12.8 Å². The van der Waals surface area contributed by atoms with Crippen molar-refractivity contribution in [1.82, 2.24) is 4.90 Å². The van der Waals surface area contributed by atoms with Gasteiger partial charge in [0.25, 0.3) is 0 Å². The molecule has 142 valence electrons. The first-order chi connectivity index (χ1) is 13.0. The average molecular weight is 369 g/mol. The van der Waals surface area contributed by atoms with Gasteiger partial charge >= 0.3 is 5.97 Å². The number of para-hydroxylation sites is 1. The fourth-order valence-corrected chi connectivity index (χ4v) is 3.02. The molecule has 0 aliphatic carbocycles. The summed E-state index contributed by atoms with van der Waals surface area (Å²) >= 11 is 0. The Bertz CT molecular complexity index is 802. The third kappa shape index (κ3) is 5.00. The van der Waals surface area contributed by atoms with Gasteiger partial charge in [0, 0.05) is 25.1 Å². The molecule has 1 aliphatic heterocycles. The Morgan fingerprint density at radius 2 is 1.81 bits per heavy atom. The van der Waals surface area contributed by atoms with Crippen molar-refractivity contribution in [3.63, 3.8) is 0 Å². The first-order valence-electron chi connectivity index (χ1n) is 8.93. The number of amides is 1. The van der Waals surface area contributed by atoms with Crippen LogP contribution in [0.3, 0.4) is 0 Å². The van der Waals surface area contributed by atoms with Crippen molar-refractivity contribution in [2.75, 3.05) is 19.8 Å². The fraction of sp³-hybridized carbons (Fsp3) is 0.333. The second kappa shape index (κ2) is 8.58. The Balaban J connectivity index is 1.54. The number of likely N-dealkylation sites (tertiary alicyclic amines) is 1. The average Bonchev–Trinajstić information content (AvgIpc) is 3.02. The van der Waals surface area contributed by atoms with Gasteiger partial charge in [-0.3, -0.25) is 9.59 Å². The molecule has 6 nitrogen and oxygen atoms in total. The van der Waals surface area contributed by atoms with Crippen molar-refractivity contribution >= 4 is 11.9 Å². The van der Waals surface area contributed by atoms with E-state index in [1.807, 2.05) is 55.5 Å². The lowest BCUT2D eigenvalue weighted by atomic mass is 10.1. The summed E-state index contributed by atoms with van der Waals surface area (Å²) in [5, 5.41) is 9.10. The van der Waals surface area contributed by atoms with E-state index in [0.717, 1.165) is 11.3 Å². The van der Waals surface area contributed by atoms with Crippen LogP contribution >= 0.6 is 0 Å². The highest BCUT2D eigenvalue weighted by Crippen LogP contribution is 2.25. The van der Waals surface area contributed by atoms with E-state index < -0.39 is 11.9 Å². The zero-order valence-corrected chi connectivity index (χ0v) is 15.3. The molecule has 0 saturated carbocycles. The molecule has 27 heavy (non-hydrogen) atoms. The van der Waals surface area contributed by atoms with E-state index in [4.69, 9.17) is 14.6 Å². The lowest BCUT2D eigenvalue weighted by molar-refractivity contribution is -0.141. The lowest BCUT2D eigenvalue weighted by Crippen LogP contribution is -2.26. The highest BCUT2D eigenvalue weighted by molar-refractivity contribution is 5.86. The standard InChI is InChI=1S/C21H23NO5/c1-15-6-8-18(9-7-15)26-10-11-27-19-5-3-2-4-16(19)13-22-14-17(21(24)25)12-20(22)23/h2-9,17H,10-14H2,1H3,(H,24,25). The lowest BCUT2D eigenvalue weighted by Gasteiger charge is -2.18. The maximum Gasteiger partial charge on any atom is 0.308 e. The molecular formula is C21H23NO5. The third-order valence-corrected chi connectivity index (χ3v) is 4.53. The number of aryl methyl sites for hydroxylation is 1. The molecule has 1 fully saturated rings. The van der Waals surface area contributed by atoms with Crippen LogP contribution in [0.4, 0.5) is 0 Å². The zero-order chi connectivity index (χ0) is 19.2. The van der Waals surface area contributed by atoms with E-state index in [2.05, 4.69) is 0 Å². The summed E-state index contributed by atoms with van der Waals surface area (Å²) in [6.45, 7) is 3.38. The maximum absolute atomic E-state index is 12.0. The number of ether oxygens (including phenoxy) is 2. The van der Waals surface area contributed by atoms with E-state index in [9.17, 15) is 9.59 Å². The third-order valence-electron chi connectivity index (χ3n) is 4.53. The number of aliphatic carboxylic acids is 1. The zero-order valence-electron chi connectivity index (χ0n) is 15.3. The van der Waals surface area contributed by atoms with Crippen LogP contribution in [0.2, 0.25) is 0 Å². The van der Waals surface area contributed by atoms with Crippen molar-refractivity contribution < 1.29 is 24.2 Å². The number of hydrogen-bond acceptors (Lipinski definition) is 4. The van der Waals surface area contributed by atoms with E-state index in [1.54, 1.807) is 4.90 Å². The van der Waals surface area contributed by atoms with Gasteiger partial charge in [-0.1, -0.05) is 35.9 Å². The van der Waals surface area contributed by atoms with Crippen LogP contribution in [-0.4, -0.2) is 41.6 Å². The number of nitrogens with zero attached hydrogens (tertiary/aromatic N) is 1. The van der Waals surface area contributed by atoms with Gasteiger partial charge in [0.2, 0.25) is 5.91 Å². The van der Waals surface area contributed by atoms with E-state index in [1.165, 1.54) is 5.56 Å². The second-order valence-electron chi connectivity index (χ2n) is 6.63. The molecule has 0 spiro atoms. The van der Waals surface area contributed by atoms with Crippen LogP contribution < -0.4 is 9.47 Å². The second-order valence-corrected chi connectivity index (χ2v) is 6.63. The van der Waals surface area contributed by atoms with Crippen LogP contribution in [0.25, 0.3) is 0 Å². The number of carbonyl (C=O) groups is 2. The van der Waals surface area contributed by atoms with Crippen molar-refractivity contribution in [3.05, 3.63) is 59.7 Å². The number of carbonyl (C=O) groups excluding carboxylic acids is 1. The number of rotatable bonds is 8. The van der Waals surface area contributed by atoms with Crippen LogP contribution in [0.5, 0.6) is 11.5 Å². The molecular weight excluding hydrogens is 346 g/mol. The molecule has 1 aliphatic rings. The molecule has 6 heteroatoms. The molecule has 2 aromatic carbocycles. The summed E-state index contributed by atoms with van der Waals surface area (Å²) < 4.78 is 11.5. The predicted octanol–water partition coefficient (Wildman–Crippen LogP) is 2.89. The molecule has 0 aromatic heterocycles. The Morgan fingerprint density at radius 3 is 2.52 bits per heavy atom. The summed E-state index contributed by atoms with van der Waals surface area (Å²) in [4.78, 5) is 24.7. The smallest absolute Gasteiger partial charge is 0.308 e. The highest BCUT2D eigenvalue weighted by Gasteiger charge is 2.34. The normalized spacial score (nSPS) is 16.4. The largest absolute Gasteiger partial charge is 0.490 e. The van der Waals surface area contributed by atoms with Crippen molar-refractivity contribution in [2.24, 2.45) is 5.92 Å². The minimum Gasteiger partial charge on any atom is -0.490 e. The van der Waals surface area contributed by atoms with Crippen molar-refractivity contribution in [2.45, 2.75) is 19.9 Å². The van der Waals surface area contributed by atoms with Gasteiger partial charge in [-0.25, -0.2) is 0 Å². The summed E-state index contributed by atoms with van der Waals surface area (Å²) in [6.07, 6.45) is 0.0583. The van der Waals surface area contributed by atoms with Crippen LogP contribution in [0.15, 0.2) is 48.5 Å². The Kier molecular flexibility index (Phi) is 5.96. The summed E-state index contributed by atoms with van der Waals surface area (Å²) in [7, 11) is 0.